The molecule has 0 bridgehead atoms. The van der Waals surface area contributed by atoms with E-state index in [1.165, 1.54) is 6.21 Å². The molecule has 0 radical (unpaired) electrons. The van der Waals surface area contributed by atoms with Crippen molar-refractivity contribution in [2.45, 2.75) is 17.9 Å². The van der Waals surface area contributed by atoms with Crippen LogP contribution in [0.2, 0.25) is 0 Å². The first kappa shape index (κ1) is 17.1. The van der Waals surface area contributed by atoms with Crippen molar-refractivity contribution in [3.8, 4) is 17.5 Å². The van der Waals surface area contributed by atoms with E-state index in [9.17, 15) is 0 Å². The average Bonchev–Trinajstić information content (AvgIpc) is 3.31. The maximum atomic E-state index is 9.16. The number of rotatable bonds is 6. The lowest BCUT2D eigenvalue weighted by Gasteiger charge is -2.41. The summed E-state index contributed by atoms with van der Waals surface area (Å²) in [6.07, 6.45) is 10.6. The Morgan fingerprint density at radius 1 is 1.52 bits per heavy atom. The number of fused-ring (bicyclic) bond motifs is 1. The molecule has 1 fully saturated rings. The van der Waals surface area contributed by atoms with Gasteiger partial charge in [-0.25, -0.2) is 9.97 Å². The summed E-state index contributed by atoms with van der Waals surface area (Å²) < 4.78 is 3.76. The Kier molecular flexibility index (Phi) is 4.25. The highest BCUT2D eigenvalue weighted by atomic mass is 15.4. The van der Waals surface area contributed by atoms with Gasteiger partial charge in [0, 0.05) is 57.2 Å². The van der Waals surface area contributed by atoms with Crippen molar-refractivity contribution >= 4 is 18.1 Å². The van der Waals surface area contributed by atoms with Crippen molar-refractivity contribution in [2.75, 3.05) is 20.1 Å². The Morgan fingerprint density at radius 2 is 2.37 bits per heavy atom. The third kappa shape index (κ3) is 2.80. The van der Waals surface area contributed by atoms with Gasteiger partial charge in [0.25, 0.3) is 0 Å². The van der Waals surface area contributed by atoms with Gasteiger partial charge in [-0.15, -0.1) is 0 Å². The molecule has 0 aliphatic carbocycles. The molecule has 3 aromatic heterocycles. The fraction of sp³-hybridized carbons (Fsp3) is 0.333. The third-order valence-corrected chi connectivity index (χ3v) is 4.88. The second-order valence-corrected chi connectivity index (χ2v) is 6.60. The van der Waals surface area contributed by atoms with Gasteiger partial charge >= 0.3 is 0 Å². The van der Waals surface area contributed by atoms with Gasteiger partial charge in [-0.1, -0.05) is 0 Å². The minimum absolute atomic E-state index is 0.301. The second-order valence-electron chi connectivity index (χ2n) is 6.60. The zero-order valence-electron chi connectivity index (χ0n) is 14.9. The van der Waals surface area contributed by atoms with Gasteiger partial charge in [-0.3, -0.25) is 14.1 Å². The molecule has 1 atom stereocenters. The van der Waals surface area contributed by atoms with Gasteiger partial charge in [0.1, 0.15) is 17.0 Å². The van der Waals surface area contributed by atoms with Gasteiger partial charge in [-0.2, -0.15) is 10.4 Å². The quantitative estimate of drug-likeness (QED) is 0.640. The largest absolute Gasteiger partial charge is 0.312 e. The Morgan fingerprint density at radius 3 is 3.04 bits per heavy atom. The SMILES string of the molecule is CN=CC(C=N)c1cc2nccn2c(-c2cnn(C3(CC#N)CNC3)c2)n1. The highest BCUT2D eigenvalue weighted by molar-refractivity contribution is 5.88. The topological polar surface area (TPSA) is 120 Å². The number of nitrogens with zero attached hydrogens (tertiary/aromatic N) is 7. The first-order chi connectivity index (χ1) is 13.2. The molecule has 1 aliphatic rings. The molecule has 2 N–H and O–H groups in total. The molecule has 0 saturated carbocycles. The van der Waals surface area contributed by atoms with Crippen molar-refractivity contribution in [3.05, 3.63) is 36.5 Å². The Bertz CT molecular complexity index is 1050. The average molecular weight is 361 g/mol. The molecule has 0 spiro atoms. The molecule has 9 nitrogen and oxygen atoms in total. The van der Waals surface area contributed by atoms with E-state index in [2.05, 4.69) is 26.5 Å². The van der Waals surface area contributed by atoms with Crippen LogP contribution in [0.15, 0.2) is 35.8 Å². The fourth-order valence-electron chi connectivity index (χ4n) is 3.31. The minimum Gasteiger partial charge on any atom is -0.312 e. The number of hydrogen-bond donors (Lipinski definition) is 2. The minimum atomic E-state index is -0.314. The van der Waals surface area contributed by atoms with E-state index in [-0.39, 0.29) is 11.5 Å². The molecule has 0 amide bonds. The molecule has 136 valence electrons. The first-order valence-electron chi connectivity index (χ1n) is 8.61. The maximum absolute atomic E-state index is 9.16. The summed E-state index contributed by atoms with van der Waals surface area (Å²) in [5.74, 6) is 0.383. The molecule has 1 aliphatic heterocycles. The lowest BCUT2D eigenvalue weighted by Crippen LogP contribution is -2.60. The summed E-state index contributed by atoms with van der Waals surface area (Å²) in [6, 6.07) is 4.12. The summed E-state index contributed by atoms with van der Waals surface area (Å²) >= 11 is 0. The number of hydrogen-bond acceptors (Lipinski definition) is 7. The zero-order valence-corrected chi connectivity index (χ0v) is 14.9. The number of imidazole rings is 1. The van der Waals surface area contributed by atoms with Crippen LogP contribution in [-0.4, -0.2) is 56.7 Å². The predicted octanol–water partition coefficient (Wildman–Crippen LogP) is 1.24. The van der Waals surface area contributed by atoms with Crippen LogP contribution < -0.4 is 5.32 Å². The van der Waals surface area contributed by atoms with E-state index >= 15 is 0 Å². The summed E-state index contributed by atoms with van der Waals surface area (Å²) in [4.78, 5) is 13.2. The van der Waals surface area contributed by atoms with E-state index < -0.39 is 0 Å². The van der Waals surface area contributed by atoms with Crippen molar-refractivity contribution in [2.24, 2.45) is 4.99 Å². The molecule has 4 heterocycles. The number of aliphatic imine (C=N–C) groups is 1. The van der Waals surface area contributed by atoms with Gasteiger partial charge in [0.2, 0.25) is 0 Å². The standard InChI is InChI=1S/C18H19N9/c1-21-8-13(7-20)15-6-16-23-4-5-26(16)17(25-15)14-9-24-27(10-14)18(2-3-19)11-22-12-18/h4-10,13,20,22H,2,11-12H2,1H3. The predicted molar refractivity (Wildman–Crippen MR) is 101 cm³/mol. The molecule has 9 heteroatoms. The molecule has 1 saturated heterocycles. The Labute approximate surface area is 155 Å². The first-order valence-corrected chi connectivity index (χ1v) is 8.61. The Hall–Kier alpha value is -3.38. The molecule has 1 unspecified atom stereocenters. The number of nitriles is 1. The van der Waals surface area contributed by atoms with Gasteiger partial charge in [0.15, 0.2) is 0 Å². The second kappa shape index (κ2) is 6.74. The van der Waals surface area contributed by atoms with Gasteiger partial charge in [-0.05, 0) is 0 Å². The van der Waals surface area contributed by atoms with E-state index in [1.54, 1.807) is 25.7 Å². The van der Waals surface area contributed by atoms with Crippen molar-refractivity contribution in [3.63, 3.8) is 0 Å². The summed E-state index contributed by atoms with van der Waals surface area (Å²) in [7, 11) is 1.68. The summed E-state index contributed by atoms with van der Waals surface area (Å²) in [5.41, 5.74) is 1.98. The maximum Gasteiger partial charge on any atom is 0.149 e. The van der Waals surface area contributed by atoms with Crippen LogP contribution in [0.3, 0.4) is 0 Å². The van der Waals surface area contributed by atoms with Crippen LogP contribution in [0.4, 0.5) is 0 Å². The molecular weight excluding hydrogens is 342 g/mol. The summed E-state index contributed by atoms with van der Waals surface area (Å²) in [6.45, 7) is 1.44. The van der Waals surface area contributed by atoms with E-state index in [0.717, 1.165) is 24.3 Å². The van der Waals surface area contributed by atoms with E-state index in [0.29, 0.717) is 17.9 Å². The molecule has 3 aromatic rings. The highest BCUT2D eigenvalue weighted by Gasteiger charge is 2.39. The molecule has 27 heavy (non-hydrogen) atoms. The molecular formula is C18H19N9. The van der Waals surface area contributed by atoms with Crippen molar-refractivity contribution < 1.29 is 0 Å². The molecule has 0 aromatic carbocycles. The third-order valence-electron chi connectivity index (χ3n) is 4.88. The van der Waals surface area contributed by atoms with Crippen LogP contribution in [0.1, 0.15) is 18.0 Å². The van der Waals surface area contributed by atoms with Crippen molar-refractivity contribution in [1.82, 2.24) is 29.5 Å². The van der Waals surface area contributed by atoms with E-state index in [1.807, 2.05) is 27.5 Å². The number of aromatic nitrogens is 5. The zero-order chi connectivity index (χ0) is 18.9. The van der Waals surface area contributed by atoms with Crippen molar-refractivity contribution in [1.29, 1.82) is 10.7 Å². The fourth-order valence-corrected chi connectivity index (χ4v) is 3.31. The normalized spacial score (nSPS) is 16.9. The number of nitrogens with one attached hydrogen (secondary N) is 2. The van der Waals surface area contributed by atoms with Gasteiger partial charge < -0.3 is 10.7 Å². The van der Waals surface area contributed by atoms with Gasteiger partial charge in [0.05, 0.1) is 35.9 Å². The summed E-state index contributed by atoms with van der Waals surface area (Å²) in [5, 5.41) is 24.6. The van der Waals surface area contributed by atoms with Crippen LogP contribution in [0.25, 0.3) is 17.0 Å². The lowest BCUT2D eigenvalue weighted by atomic mass is 9.89. The van der Waals surface area contributed by atoms with E-state index in [4.69, 9.17) is 15.7 Å². The van der Waals surface area contributed by atoms with Crippen LogP contribution in [0.5, 0.6) is 0 Å². The van der Waals surface area contributed by atoms with Crippen LogP contribution in [0, 0.1) is 16.7 Å². The Balaban J connectivity index is 1.81. The monoisotopic (exact) mass is 361 g/mol. The lowest BCUT2D eigenvalue weighted by molar-refractivity contribution is 0.160. The van der Waals surface area contributed by atoms with Crippen LogP contribution >= 0.6 is 0 Å². The highest BCUT2D eigenvalue weighted by Crippen LogP contribution is 2.28. The smallest absolute Gasteiger partial charge is 0.149 e. The molecule has 4 rings (SSSR count). The van der Waals surface area contributed by atoms with Crippen LogP contribution in [-0.2, 0) is 5.54 Å².